The Bertz CT molecular complexity index is 1020. The molecular weight excluding hydrogens is 424 g/mol. The van der Waals surface area contributed by atoms with E-state index in [1.54, 1.807) is 0 Å². The highest BCUT2D eigenvalue weighted by atomic mass is 16.7. The predicted octanol–water partition coefficient (Wildman–Crippen LogP) is 1.11. The lowest BCUT2D eigenvalue weighted by molar-refractivity contribution is -0.277. The van der Waals surface area contributed by atoms with E-state index < -0.39 is 37.3 Å². The molecule has 2 aromatic rings. The number of rotatable bonds is 4. The van der Waals surface area contributed by atoms with Crippen LogP contribution in [0.25, 0.3) is 10.9 Å². The third-order valence-electron chi connectivity index (χ3n) is 8.59. The molecular formula is C25H34N2O6. The van der Waals surface area contributed by atoms with Gasteiger partial charge in [0, 0.05) is 41.6 Å². The minimum absolute atomic E-state index is 0.478. The van der Waals surface area contributed by atoms with E-state index in [0.717, 1.165) is 35.7 Å². The van der Waals surface area contributed by atoms with Gasteiger partial charge in [-0.2, -0.15) is 0 Å². The summed E-state index contributed by atoms with van der Waals surface area (Å²) in [6.07, 6.45) is -1.59. The van der Waals surface area contributed by atoms with E-state index in [-0.39, 0.29) is 0 Å². The molecule has 5 heterocycles. The number of hydrogen-bond donors (Lipinski definition) is 5. The smallest absolute Gasteiger partial charge is 0.229 e. The van der Waals surface area contributed by atoms with E-state index in [2.05, 4.69) is 16.8 Å². The lowest BCUT2D eigenvalue weighted by atomic mass is 9.65. The number of piperidine rings is 2. The van der Waals surface area contributed by atoms with Crippen LogP contribution in [0.4, 0.5) is 0 Å². The van der Waals surface area contributed by atoms with Gasteiger partial charge in [0.05, 0.1) is 6.61 Å². The third-order valence-corrected chi connectivity index (χ3v) is 8.59. The highest BCUT2D eigenvalue weighted by Gasteiger charge is 2.49. The normalized spacial score (nSPS) is 42.2. The summed E-state index contributed by atoms with van der Waals surface area (Å²) in [4.78, 5) is 6.47. The highest BCUT2D eigenvalue weighted by Crippen LogP contribution is 2.51. The second-order valence-electron chi connectivity index (χ2n) is 10.4. The molecule has 1 aliphatic carbocycles. The van der Waals surface area contributed by atoms with Crippen molar-refractivity contribution in [2.45, 2.75) is 75.3 Å². The molecule has 2 unspecified atom stereocenters. The Balaban J connectivity index is 1.31. The molecule has 0 amide bonds. The summed E-state index contributed by atoms with van der Waals surface area (Å²) in [5.74, 6) is 2.62. The van der Waals surface area contributed by atoms with Crippen molar-refractivity contribution in [3.05, 3.63) is 29.5 Å². The Hall–Kier alpha value is -1.68. The summed E-state index contributed by atoms with van der Waals surface area (Å²) >= 11 is 0. The predicted molar refractivity (Wildman–Crippen MR) is 121 cm³/mol. The lowest BCUT2D eigenvalue weighted by Crippen LogP contribution is -2.60. The summed E-state index contributed by atoms with van der Waals surface area (Å²) in [7, 11) is 0. The van der Waals surface area contributed by atoms with Crippen molar-refractivity contribution >= 4 is 10.9 Å². The van der Waals surface area contributed by atoms with Gasteiger partial charge in [0.1, 0.15) is 30.2 Å². The van der Waals surface area contributed by atoms with Crippen LogP contribution in [0, 0.1) is 11.8 Å². The zero-order chi connectivity index (χ0) is 22.9. The van der Waals surface area contributed by atoms with Crippen molar-refractivity contribution < 1.29 is 29.9 Å². The van der Waals surface area contributed by atoms with Gasteiger partial charge in [0.2, 0.25) is 6.29 Å². The van der Waals surface area contributed by atoms with Crippen molar-refractivity contribution in [2.75, 3.05) is 19.7 Å². The molecule has 4 bridgehead atoms. The van der Waals surface area contributed by atoms with Crippen LogP contribution >= 0.6 is 0 Å². The topological polar surface area (TPSA) is 118 Å². The molecule has 1 aromatic heterocycles. The molecule has 1 aromatic carbocycles. The van der Waals surface area contributed by atoms with Crippen molar-refractivity contribution in [1.82, 2.24) is 9.88 Å². The average Bonchev–Trinajstić information content (AvgIpc) is 3.15. The zero-order valence-corrected chi connectivity index (χ0v) is 18.9. The van der Waals surface area contributed by atoms with Crippen LogP contribution in [0.5, 0.6) is 5.75 Å². The van der Waals surface area contributed by atoms with Gasteiger partial charge in [-0.15, -0.1) is 0 Å². The molecule has 0 radical (unpaired) electrons. The van der Waals surface area contributed by atoms with E-state index in [1.807, 2.05) is 18.2 Å². The van der Waals surface area contributed by atoms with Gasteiger partial charge in [0.25, 0.3) is 0 Å². The Morgan fingerprint density at radius 2 is 2.00 bits per heavy atom. The van der Waals surface area contributed by atoms with Crippen LogP contribution in [0.1, 0.15) is 43.4 Å². The first kappa shape index (κ1) is 21.8. The monoisotopic (exact) mass is 458 g/mol. The summed E-state index contributed by atoms with van der Waals surface area (Å²) in [5, 5.41) is 41.0. The van der Waals surface area contributed by atoms with E-state index in [4.69, 9.17) is 9.47 Å². The molecule has 5 N–H and O–H groups in total. The molecule has 8 heteroatoms. The van der Waals surface area contributed by atoms with E-state index >= 15 is 0 Å². The number of aromatic amines is 1. The minimum atomic E-state index is -1.46. The maximum Gasteiger partial charge on any atom is 0.229 e. The van der Waals surface area contributed by atoms with E-state index in [0.29, 0.717) is 17.7 Å². The quantitative estimate of drug-likeness (QED) is 0.466. The number of nitrogens with zero attached hydrogens (tertiary/aromatic N) is 1. The number of H-pyrrole nitrogens is 1. The fraction of sp³-hybridized carbons (Fsp3) is 0.680. The molecule has 10 atom stereocenters. The molecule has 3 saturated heterocycles. The van der Waals surface area contributed by atoms with Crippen LogP contribution in [0.3, 0.4) is 0 Å². The first-order valence-electron chi connectivity index (χ1n) is 12.3. The van der Waals surface area contributed by atoms with Crippen LogP contribution in [0.15, 0.2) is 18.2 Å². The summed E-state index contributed by atoms with van der Waals surface area (Å²) < 4.78 is 11.4. The van der Waals surface area contributed by atoms with E-state index in [9.17, 15) is 20.4 Å². The SMILES string of the molecule is CC[C@H]1C[C@H]2C[C@H]3c4[nH]c5ccc(O[C@H]6O[C@H](CO)[C@@H](O)[C@H](O)[C@@H]6O)cc5c4CCN(C2)C13. The van der Waals surface area contributed by atoms with Crippen LogP contribution in [-0.4, -0.2) is 86.8 Å². The minimum Gasteiger partial charge on any atom is -0.462 e. The van der Waals surface area contributed by atoms with Crippen LogP contribution < -0.4 is 4.74 Å². The Morgan fingerprint density at radius 1 is 1.15 bits per heavy atom. The Morgan fingerprint density at radius 3 is 2.79 bits per heavy atom. The van der Waals surface area contributed by atoms with Crippen molar-refractivity contribution in [2.24, 2.45) is 11.8 Å². The lowest BCUT2D eigenvalue weighted by Gasteiger charge is -2.53. The molecule has 7 rings (SSSR count). The third kappa shape index (κ3) is 3.42. The van der Waals surface area contributed by atoms with Crippen LogP contribution in [0.2, 0.25) is 0 Å². The van der Waals surface area contributed by atoms with Gasteiger partial charge in [-0.3, -0.25) is 4.90 Å². The fourth-order valence-corrected chi connectivity index (χ4v) is 7.04. The number of benzene rings is 1. The molecule has 8 nitrogen and oxygen atoms in total. The molecule has 180 valence electrons. The number of aromatic nitrogens is 1. The largest absolute Gasteiger partial charge is 0.462 e. The number of fused-ring (bicyclic) bond motifs is 4. The number of aliphatic hydroxyl groups is 4. The second kappa shape index (κ2) is 8.22. The molecule has 5 aliphatic rings. The maximum atomic E-state index is 10.3. The molecule has 4 aliphatic heterocycles. The maximum absolute atomic E-state index is 10.3. The van der Waals surface area contributed by atoms with Crippen molar-refractivity contribution in [3.63, 3.8) is 0 Å². The van der Waals surface area contributed by atoms with Gasteiger partial charge in [-0.1, -0.05) is 13.3 Å². The number of hydrogen-bond acceptors (Lipinski definition) is 7. The number of ether oxygens (including phenoxy) is 2. The van der Waals surface area contributed by atoms with Crippen molar-refractivity contribution in [1.29, 1.82) is 0 Å². The standard InChI is InChI=1S/C25H34N2O6/c1-2-13-7-12-8-17-20-15(5-6-27(10-12)21(13)17)16-9-14(3-4-18(16)26-20)32-25-24(31)23(30)22(29)19(11-28)33-25/h3-4,9,12-13,17,19,21-26,28-31H,2,5-8,10-11H2,1H3/t12-,13-,17-,19+,21?,22+,23-,24-,25-/m0/s1. The van der Waals surface area contributed by atoms with Gasteiger partial charge in [-0.05, 0) is 54.9 Å². The fourth-order valence-electron chi connectivity index (χ4n) is 7.04. The molecule has 33 heavy (non-hydrogen) atoms. The molecule has 0 spiro atoms. The second-order valence-corrected chi connectivity index (χ2v) is 10.4. The molecule has 4 fully saturated rings. The summed E-state index contributed by atoms with van der Waals surface area (Å²) in [6.45, 7) is 4.15. The Kier molecular flexibility index (Phi) is 5.44. The van der Waals surface area contributed by atoms with Crippen molar-refractivity contribution in [3.8, 4) is 5.75 Å². The van der Waals surface area contributed by atoms with Gasteiger partial charge in [-0.25, -0.2) is 0 Å². The molecule has 1 saturated carbocycles. The number of nitrogens with one attached hydrogen (secondary N) is 1. The van der Waals surface area contributed by atoms with E-state index in [1.165, 1.54) is 37.1 Å². The van der Waals surface area contributed by atoms with Gasteiger partial charge >= 0.3 is 0 Å². The van der Waals surface area contributed by atoms with Crippen LogP contribution in [-0.2, 0) is 11.2 Å². The summed E-state index contributed by atoms with van der Waals surface area (Å²) in [5.41, 5.74) is 3.83. The number of aliphatic hydroxyl groups excluding tert-OH is 4. The van der Waals surface area contributed by atoms with Gasteiger partial charge < -0.3 is 34.9 Å². The first-order valence-corrected chi connectivity index (χ1v) is 12.3. The summed E-state index contributed by atoms with van der Waals surface area (Å²) in [6, 6.07) is 6.43. The highest BCUT2D eigenvalue weighted by molar-refractivity contribution is 5.86. The Labute approximate surface area is 193 Å². The first-order chi connectivity index (χ1) is 16.0. The zero-order valence-electron chi connectivity index (χ0n) is 18.9. The van der Waals surface area contributed by atoms with Gasteiger partial charge in [0.15, 0.2) is 0 Å². The average molecular weight is 459 g/mol.